The average Bonchev–Trinajstić information content (AvgIpc) is 3.06. The van der Waals surface area contributed by atoms with E-state index in [1.165, 1.54) is 18.4 Å². The van der Waals surface area contributed by atoms with Gasteiger partial charge in [-0.2, -0.15) is 0 Å². The van der Waals surface area contributed by atoms with E-state index in [1.807, 2.05) is 6.92 Å². The van der Waals surface area contributed by atoms with Crippen molar-refractivity contribution < 1.29 is 19.1 Å². The molecule has 3 N–H and O–H groups in total. The summed E-state index contributed by atoms with van der Waals surface area (Å²) in [5, 5.41) is 4.57. The van der Waals surface area contributed by atoms with Gasteiger partial charge in [0, 0.05) is 6.54 Å². The summed E-state index contributed by atoms with van der Waals surface area (Å²) in [6, 6.07) is 0. The summed E-state index contributed by atoms with van der Waals surface area (Å²) in [5.74, 6) is -0.696. The molecule has 0 spiro atoms. The van der Waals surface area contributed by atoms with Crippen LogP contribution in [-0.4, -0.2) is 37.7 Å². The average molecular weight is 298 g/mol. The van der Waals surface area contributed by atoms with Gasteiger partial charge in [0.2, 0.25) is 0 Å². The van der Waals surface area contributed by atoms with Gasteiger partial charge < -0.3 is 20.5 Å². The van der Waals surface area contributed by atoms with Crippen molar-refractivity contribution in [3.63, 3.8) is 0 Å². The first kappa shape index (κ1) is 15.0. The van der Waals surface area contributed by atoms with Crippen molar-refractivity contribution in [2.24, 2.45) is 5.73 Å². The predicted molar refractivity (Wildman–Crippen MR) is 76.0 cm³/mol. The van der Waals surface area contributed by atoms with Crippen molar-refractivity contribution in [2.75, 3.05) is 19.0 Å². The van der Waals surface area contributed by atoms with Gasteiger partial charge in [0.05, 0.1) is 18.9 Å². The zero-order chi connectivity index (χ0) is 14.7. The van der Waals surface area contributed by atoms with Gasteiger partial charge in [-0.05, 0) is 30.7 Å². The standard InChI is InChI=1S/C13H18N2O4S/c1-7-6-20-11(13(17)18-2)10(7)15-12(16)9-4-3-8(5-14)19-9/h6,8-9H,3-5,14H2,1-2H3,(H,15,16). The molecule has 0 saturated carbocycles. The first-order valence-electron chi connectivity index (χ1n) is 6.39. The topological polar surface area (TPSA) is 90.7 Å². The van der Waals surface area contributed by atoms with Crippen LogP contribution in [0, 0.1) is 6.92 Å². The number of nitrogens with one attached hydrogen (secondary N) is 1. The highest BCUT2D eigenvalue weighted by Gasteiger charge is 2.31. The van der Waals surface area contributed by atoms with Crippen LogP contribution in [0.3, 0.4) is 0 Å². The molecule has 2 atom stereocenters. The molecule has 0 bridgehead atoms. The molecule has 1 aromatic rings. The van der Waals surface area contributed by atoms with Gasteiger partial charge in [-0.15, -0.1) is 11.3 Å². The van der Waals surface area contributed by atoms with E-state index in [1.54, 1.807) is 5.38 Å². The number of methoxy groups -OCH3 is 1. The summed E-state index contributed by atoms with van der Waals surface area (Å²) in [7, 11) is 1.31. The maximum absolute atomic E-state index is 12.2. The Morgan fingerprint density at radius 1 is 1.55 bits per heavy atom. The van der Waals surface area contributed by atoms with E-state index >= 15 is 0 Å². The molecule has 2 rings (SSSR count). The third-order valence-electron chi connectivity index (χ3n) is 3.26. The predicted octanol–water partition coefficient (Wildman–Crippen LogP) is 1.29. The molecule has 2 heterocycles. The highest BCUT2D eigenvalue weighted by atomic mass is 32.1. The van der Waals surface area contributed by atoms with Gasteiger partial charge in [0.1, 0.15) is 11.0 Å². The second kappa shape index (κ2) is 6.34. The lowest BCUT2D eigenvalue weighted by molar-refractivity contribution is -0.126. The smallest absolute Gasteiger partial charge is 0.350 e. The number of carbonyl (C=O) groups excluding carboxylic acids is 2. The van der Waals surface area contributed by atoms with Crippen LogP contribution in [0.25, 0.3) is 0 Å². The number of esters is 1. The van der Waals surface area contributed by atoms with Crippen LogP contribution in [0.1, 0.15) is 28.1 Å². The minimum absolute atomic E-state index is 0.0607. The van der Waals surface area contributed by atoms with Gasteiger partial charge in [-0.3, -0.25) is 4.79 Å². The highest BCUT2D eigenvalue weighted by Crippen LogP contribution is 2.29. The fourth-order valence-corrected chi connectivity index (χ4v) is 3.04. The van der Waals surface area contributed by atoms with Crippen LogP contribution in [0.15, 0.2) is 5.38 Å². The van der Waals surface area contributed by atoms with Crippen molar-refractivity contribution in [1.29, 1.82) is 0 Å². The maximum atomic E-state index is 12.2. The molecule has 0 aromatic carbocycles. The molecule has 0 radical (unpaired) electrons. The highest BCUT2D eigenvalue weighted by molar-refractivity contribution is 7.12. The molecule has 110 valence electrons. The van der Waals surface area contributed by atoms with E-state index in [0.29, 0.717) is 23.5 Å². The molecule has 7 heteroatoms. The molecular weight excluding hydrogens is 280 g/mol. The molecule has 2 unspecified atom stereocenters. The van der Waals surface area contributed by atoms with E-state index in [2.05, 4.69) is 5.32 Å². The Morgan fingerprint density at radius 3 is 2.90 bits per heavy atom. The Morgan fingerprint density at radius 2 is 2.30 bits per heavy atom. The molecule has 1 aliphatic heterocycles. The van der Waals surface area contributed by atoms with E-state index in [9.17, 15) is 9.59 Å². The fourth-order valence-electron chi connectivity index (χ4n) is 2.12. The Kier molecular flexibility index (Phi) is 4.74. The van der Waals surface area contributed by atoms with Crippen molar-refractivity contribution in [2.45, 2.75) is 32.0 Å². The second-order valence-corrected chi connectivity index (χ2v) is 5.54. The third kappa shape index (κ3) is 3.00. The Labute approximate surface area is 121 Å². The quantitative estimate of drug-likeness (QED) is 0.817. The van der Waals surface area contributed by atoms with Crippen LogP contribution >= 0.6 is 11.3 Å². The number of carbonyl (C=O) groups is 2. The van der Waals surface area contributed by atoms with Crippen LogP contribution in [-0.2, 0) is 14.3 Å². The van der Waals surface area contributed by atoms with Crippen molar-refractivity contribution >= 4 is 28.9 Å². The Hall–Kier alpha value is -1.44. The second-order valence-electron chi connectivity index (χ2n) is 4.66. The van der Waals surface area contributed by atoms with E-state index in [4.69, 9.17) is 15.2 Å². The summed E-state index contributed by atoms with van der Waals surface area (Å²) in [6.45, 7) is 2.24. The van der Waals surface area contributed by atoms with Crippen LogP contribution in [0.2, 0.25) is 0 Å². The molecule has 1 aliphatic rings. The lowest BCUT2D eigenvalue weighted by Gasteiger charge is -2.13. The molecule has 1 aromatic heterocycles. The van der Waals surface area contributed by atoms with Gasteiger partial charge in [-0.1, -0.05) is 0 Å². The third-order valence-corrected chi connectivity index (χ3v) is 4.33. The lowest BCUT2D eigenvalue weighted by Crippen LogP contribution is -2.30. The van der Waals surface area contributed by atoms with E-state index in [0.717, 1.165) is 12.0 Å². The SMILES string of the molecule is COC(=O)c1scc(C)c1NC(=O)C1CCC(CN)O1. The van der Waals surface area contributed by atoms with Crippen molar-refractivity contribution in [1.82, 2.24) is 0 Å². The van der Waals surface area contributed by atoms with E-state index < -0.39 is 12.1 Å². The number of thiophene rings is 1. The number of rotatable bonds is 4. The molecular formula is C13H18N2O4S. The van der Waals surface area contributed by atoms with Gasteiger partial charge in [0.15, 0.2) is 0 Å². The number of hydrogen-bond donors (Lipinski definition) is 2. The molecule has 6 nitrogen and oxygen atoms in total. The number of hydrogen-bond acceptors (Lipinski definition) is 6. The molecule has 0 aliphatic carbocycles. The maximum Gasteiger partial charge on any atom is 0.350 e. The Balaban J connectivity index is 2.08. The minimum Gasteiger partial charge on any atom is -0.465 e. The molecule has 1 amide bonds. The van der Waals surface area contributed by atoms with Gasteiger partial charge in [0.25, 0.3) is 5.91 Å². The molecule has 20 heavy (non-hydrogen) atoms. The minimum atomic E-state index is -0.506. The first-order valence-corrected chi connectivity index (χ1v) is 7.27. The summed E-state index contributed by atoms with van der Waals surface area (Å²) in [6.07, 6.45) is 0.855. The van der Waals surface area contributed by atoms with Crippen LogP contribution < -0.4 is 11.1 Å². The van der Waals surface area contributed by atoms with Crippen molar-refractivity contribution in [3.8, 4) is 0 Å². The largest absolute Gasteiger partial charge is 0.465 e. The first-order chi connectivity index (χ1) is 9.56. The Bertz CT molecular complexity index is 514. The van der Waals surface area contributed by atoms with Gasteiger partial charge in [-0.25, -0.2) is 4.79 Å². The number of ether oxygens (including phenoxy) is 2. The summed E-state index contributed by atoms with van der Waals surface area (Å²) >= 11 is 1.25. The molecule has 1 saturated heterocycles. The lowest BCUT2D eigenvalue weighted by atomic mass is 10.2. The number of aryl methyl sites for hydroxylation is 1. The monoisotopic (exact) mass is 298 g/mol. The van der Waals surface area contributed by atoms with Crippen molar-refractivity contribution in [3.05, 3.63) is 15.8 Å². The molecule has 1 fully saturated rings. The zero-order valence-corrected chi connectivity index (χ0v) is 12.3. The summed E-state index contributed by atoms with van der Waals surface area (Å²) < 4.78 is 10.2. The number of amides is 1. The number of nitrogens with two attached hydrogens (primary N) is 1. The van der Waals surface area contributed by atoms with E-state index in [-0.39, 0.29) is 12.0 Å². The van der Waals surface area contributed by atoms with Crippen LogP contribution in [0.4, 0.5) is 5.69 Å². The zero-order valence-electron chi connectivity index (χ0n) is 11.5. The van der Waals surface area contributed by atoms with Gasteiger partial charge >= 0.3 is 5.97 Å². The fraction of sp³-hybridized carbons (Fsp3) is 0.538. The normalized spacial score (nSPS) is 21.8. The number of anilines is 1. The van der Waals surface area contributed by atoms with Crippen LogP contribution in [0.5, 0.6) is 0 Å². The summed E-state index contributed by atoms with van der Waals surface area (Å²) in [4.78, 5) is 24.2. The summed E-state index contributed by atoms with van der Waals surface area (Å²) in [5.41, 5.74) is 6.86.